The highest BCUT2D eigenvalue weighted by Crippen LogP contribution is 2.29. The molecule has 4 bridgehead atoms. The molecular weight excluding hydrogens is 616 g/mol. The smallest absolute Gasteiger partial charge is 0.252 e. The predicted molar refractivity (Wildman–Crippen MR) is 178 cm³/mol. The number of amides is 3. The molecule has 1 aliphatic rings. The van der Waals surface area contributed by atoms with Crippen LogP contribution in [0, 0.1) is 5.92 Å². The van der Waals surface area contributed by atoms with Crippen molar-refractivity contribution >= 4 is 17.7 Å². The third-order valence-electron chi connectivity index (χ3n) is 8.00. The van der Waals surface area contributed by atoms with Gasteiger partial charge < -0.3 is 30.5 Å². The van der Waals surface area contributed by atoms with Gasteiger partial charge in [-0.2, -0.15) is 0 Å². The standard InChI is InChI=1S/C34H48N8O6/c1-23(2)18-28-33(45)38-31(24(3)43)34(46)36-12-5-6-15-41(20-25-10-13-35-14-11-25)16-7-17-42-21-27(39-40-42)22-48-30-19-26(32(44)37-28)8-9-29(30)47-4/h8-11,13-14,19,21,23-24,28,31,43H,5-7,12,15-18,20,22H2,1-4H3,(H,36,46)(H,37,44)(H,38,45)/t24-,28-,31+/m1/s1. The lowest BCUT2D eigenvalue weighted by Crippen LogP contribution is -2.57. The number of hydrogen-bond acceptors (Lipinski definition) is 10. The number of methoxy groups -OCH3 is 1. The molecule has 0 aliphatic carbocycles. The molecule has 4 N–H and O–H groups in total. The van der Waals surface area contributed by atoms with Crippen molar-refractivity contribution in [2.24, 2.45) is 5.92 Å². The molecule has 0 spiro atoms. The fourth-order valence-electron chi connectivity index (χ4n) is 5.45. The van der Waals surface area contributed by atoms with Gasteiger partial charge in [-0.1, -0.05) is 19.1 Å². The van der Waals surface area contributed by atoms with Gasteiger partial charge in [0.15, 0.2) is 11.5 Å². The van der Waals surface area contributed by atoms with Gasteiger partial charge in [0.1, 0.15) is 24.4 Å². The van der Waals surface area contributed by atoms with Crippen molar-refractivity contribution in [2.45, 2.75) is 84.3 Å². The van der Waals surface area contributed by atoms with Gasteiger partial charge in [-0.05, 0) is 81.0 Å². The zero-order valence-electron chi connectivity index (χ0n) is 28.2. The first-order valence-corrected chi connectivity index (χ1v) is 16.5. The molecule has 0 saturated carbocycles. The SMILES string of the molecule is COc1ccc2cc1OCc1cn(nn1)CCCN(Cc1ccncc1)CCCCNC(=O)[C@H]([C@@H](C)O)NC(=O)[C@@H](CC(C)C)NC2=O. The summed E-state index contributed by atoms with van der Waals surface area (Å²) in [6.07, 6.45) is 6.95. The van der Waals surface area contributed by atoms with E-state index in [-0.39, 0.29) is 18.1 Å². The Morgan fingerprint density at radius 2 is 1.77 bits per heavy atom. The Labute approximate surface area is 281 Å². The fourth-order valence-corrected chi connectivity index (χ4v) is 5.45. The number of pyridine rings is 1. The van der Waals surface area contributed by atoms with Crippen LogP contribution in [0.4, 0.5) is 0 Å². The van der Waals surface area contributed by atoms with Gasteiger partial charge in [0.05, 0.1) is 19.4 Å². The van der Waals surface area contributed by atoms with Crippen LogP contribution >= 0.6 is 0 Å². The Morgan fingerprint density at radius 1 is 1.00 bits per heavy atom. The fraction of sp³-hybridized carbons (Fsp3) is 0.529. The molecule has 0 saturated heterocycles. The van der Waals surface area contributed by atoms with E-state index in [1.165, 1.54) is 14.0 Å². The number of carbonyl (C=O) groups excluding carboxylic acids is 3. The van der Waals surface area contributed by atoms with Gasteiger partial charge in [0.2, 0.25) is 11.8 Å². The lowest BCUT2D eigenvalue weighted by Gasteiger charge is -2.26. The second-order valence-electron chi connectivity index (χ2n) is 12.5. The quantitative estimate of drug-likeness (QED) is 0.306. The molecule has 4 rings (SSSR count). The van der Waals surface area contributed by atoms with Gasteiger partial charge in [0.25, 0.3) is 5.91 Å². The lowest BCUT2D eigenvalue weighted by molar-refractivity contribution is -0.132. The van der Waals surface area contributed by atoms with Crippen molar-refractivity contribution in [2.75, 3.05) is 26.7 Å². The number of rotatable bonds is 6. The van der Waals surface area contributed by atoms with E-state index < -0.39 is 35.9 Å². The summed E-state index contributed by atoms with van der Waals surface area (Å²) in [6, 6.07) is 6.61. The van der Waals surface area contributed by atoms with Gasteiger partial charge >= 0.3 is 0 Å². The van der Waals surface area contributed by atoms with Crippen LogP contribution in [0.1, 0.15) is 68.1 Å². The van der Waals surface area contributed by atoms with Crippen LogP contribution in [-0.2, 0) is 29.3 Å². The van der Waals surface area contributed by atoms with E-state index in [4.69, 9.17) is 9.47 Å². The van der Waals surface area contributed by atoms with Crippen LogP contribution in [0.15, 0.2) is 48.9 Å². The van der Waals surface area contributed by atoms with Crippen LogP contribution in [0.25, 0.3) is 0 Å². The summed E-state index contributed by atoms with van der Waals surface area (Å²) >= 11 is 0. The Hall–Kier alpha value is -4.56. The van der Waals surface area contributed by atoms with Crippen LogP contribution in [0.3, 0.4) is 0 Å². The van der Waals surface area contributed by atoms with E-state index in [9.17, 15) is 19.5 Å². The van der Waals surface area contributed by atoms with Gasteiger partial charge in [-0.15, -0.1) is 5.10 Å². The van der Waals surface area contributed by atoms with Crippen LogP contribution in [0.2, 0.25) is 0 Å². The van der Waals surface area contributed by atoms with E-state index >= 15 is 0 Å². The van der Waals surface area contributed by atoms with Crippen molar-refractivity contribution in [3.05, 3.63) is 65.7 Å². The number of aromatic nitrogens is 4. The summed E-state index contributed by atoms with van der Waals surface area (Å²) in [4.78, 5) is 46.4. The molecule has 14 heteroatoms. The zero-order valence-corrected chi connectivity index (χ0v) is 28.2. The number of fused-ring (bicyclic) bond motifs is 4. The second kappa shape index (κ2) is 18.1. The zero-order chi connectivity index (χ0) is 34.5. The number of aliphatic hydroxyl groups is 1. The molecule has 48 heavy (non-hydrogen) atoms. The highest BCUT2D eigenvalue weighted by atomic mass is 16.5. The number of ether oxygens (including phenoxy) is 2. The van der Waals surface area contributed by atoms with Crippen molar-refractivity contribution in [3.8, 4) is 11.5 Å². The van der Waals surface area contributed by atoms with Gasteiger partial charge in [0, 0.05) is 44.1 Å². The molecule has 14 nitrogen and oxygen atoms in total. The Bertz CT molecular complexity index is 1480. The molecule has 3 heterocycles. The van der Waals surface area contributed by atoms with Gasteiger partial charge in [-0.25, -0.2) is 0 Å². The van der Waals surface area contributed by atoms with Crippen molar-refractivity contribution in [3.63, 3.8) is 0 Å². The van der Waals surface area contributed by atoms with E-state index in [1.54, 1.807) is 35.3 Å². The maximum Gasteiger partial charge on any atom is 0.252 e. The lowest BCUT2D eigenvalue weighted by atomic mass is 10.0. The molecule has 0 radical (unpaired) electrons. The number of benzene rings is 1. The topological polar surface area (TPSA) is 173 Å². The molecule has 0 fully saturated rings. The maximum atomic E-state index is 13.4. The molecule has 1 aromatic carbocycles. The molecule has 1 aliphatic heterocycles. The van der Waals surface area contributed by atoms with Crippen LogP contribution < -0.4 is 25.4 Å². The number of aliphatic hydroxyl groups excluding tert-OH is 1. The summed E-state index contributed by atoms with van der Waals surface area (Å²) < 4.78 is 13.3. The number of nitrogens with zero attached hydrogens (tertiary/aromatic N) is 5. The average molecular weight is 665 g/mol. The highest BCUT2D eigenvalue weighted by molar-refractivity contribution is 5.99. The molecule has 0 unspecified atom stereocenters. The Morgan fingerprint density at radius 3 is 2.50 bits per heavy atom. The maximum absolute atomic E-state index is 13.4. The van der Waals surface area contributed by atoms with E-state index in [0.29, 0.717) is 43.1 Å². The first-order chi connectivity index (χ1) is 23.1. The summed E-state index contributed by atoms with van der Waals surface area (Å²) in [5, 5.41) is 27.3. The van der Waals surface area contributed by atoms with E-state index in [1.807, 2.05) is 32.2 Å². The molecule has 260 valence electrons. The van der Waals surface area contributed by atoms with Crippen LogP contribution in [-0.4, -0.2) is 92.6 Å². The summed E-state index contributed by atoms with van der Waals surface area (Å²) in [5.41, 5.74) is 2.04. The number of nitrogens with one attached hydrogen (secondary N) is 3. The molecule has 3 aromatic rings. The summed E-state index contributed by atoms with van der Waals surface area (Å²) in [5.74, 6) is -0.742. The monoisotopic (exact) mass is 664 g/mol. The molecular formula is C34H48N8O6. The molecule has 3 atom stereocenters. The van der Waals surface area contributed by atoms with Crippen molar-refractivity contribution < 1.29 is 29.0 Å². The van der Waals surface area contributed by atoms with Crippen LogP contribution in [0.5, 0.6) is 11.5 Å². The first-order valence-electron chi connectivity index (χ1n) is 16.5. The average Bonchev–Trinajstić information content (AvgIpc) is 3.52. The second-order valence-corrected chi connectivity index (χ2v) is 12.5. The van der Waals surface area contributed by atoms with Crippen molar-refractivity contribution in [1.82, 2.24) is 40.8 Å². The number of carbonyl (C=O) groups is 3. The van der Waals surface area contributed by atoms with E-state index in [2.05, 4.69) is 36.1 Å². The molecule has 2 aromatic heterocycles. The predicted octanol–water partition coefficient (Wildman–Crippen LogP) is 2.07. The number of hydrogen-bond donors (Lipinski definition) is 4. The molecule has 3 amide bonds. The normalized spacial score (nSPS) is 20.1. The minimum absolute atomic E-state index is 0.0491. The minimum atomic E-state index is -1.19. The highest BCUT2D eigenvalue weighted by Gasteiger charge is 2.30. The third kappa shape index (κ3) is 11.0. The number of aryl methyl sites for hydroxylation is 1. The largest absolute Gasteiger partial charge is 0.493 e. The van der Waals surface area contributed by atoms with E-state index in [0.717, 1.165) is 38.0 Å². The Balaban J connectivity index is 1.56. The minimum Gasteiger partial charge on any atom is -0.493 e. The third-order valence-corrected chi connectivity index (χ3v) is 8.00. The first kappa shape index (κ1) is 36.3. The summed E-state index contributed by atoms with van der Waals surface area (Å²) in [6.45, 7) is 8.85. The summed E-state index contributed by atoms with van der Waals surface area (Å²) in [7, 11) is 1.51. The van der Waals surface area contributed by atoms with Gasteiger partial charge in [-0.3, -0.25) is 28.9 Å². The van der Waals surface area contributed by atoms with Crippen molar-refractivity contribution in [1.29, 1.82) is 0 Å². The Kier molecular flexibility index (Phi) is 13.7.